The molecule has 0 bridgehead atoms. The van der Waals surface area contributed by atoms with Crippen LogP contribution in [-0.2, 0) is 14.8 Å². The van der Waals surface area contributed by atoms with E-state index >= 15 is 0 Å². The molecule has 140 valence electrons. The first-order chi connectivity index (χ1) is 12.3. The number of methoxy groups -OCH3 is 2. The number of nitrogens with one attached hydrogen (secondary N) is 2. The van der Waals surface area contributed by atoms with Crippen LogP contribution >= 0.6 is 11.8 Å². The molecule has 2 aromatic carbocycles. The van der Waals surface area contributed by atoms with Crippen molar-refractivity contribution in [2.45, 2.75) is 16.7 Å². The molecule has 26 heavy (non-hydrogen) atoms. The first-order valence-corrected chi connectivity index (χ1v) is 10.2. The van der Waals surface area contributed by atoms with Crippen molar-refractivity contribution >= 4 is 39.1 Å². The van der Waals surface area contributed by atoms with Crippen LogP contribution < -0.4 is 19.5 Å². The number of ether oxygens (including phenoxy) is 2. The molecule has 0 radical (unpaired) electrons. The number of amides is 1. The van der Waals surface area contributed by atoms with E-state index in [-0.39, 0.29) is 16.5 Å². The average molecular weight is 396 g/mol. The molecule has 0 aromatic heterocycles. The fourth-order valence-electron chi connectivity index (χ4n) is 2.23. The number of carbonyl (C=O) groups is 1. The zero-order chi connectivity index (χ0) is 19.3. The lowest BCUT2D eigenvalue weighted by Gasteiger charge is -2.14. The van der Waals surface area contributed by atoms with Crippen LogP contribution in [0.4, 0.5) is 11.4 Å². The molecule has 0 atom stereocenters. The molecule has 2 rings (SSSR count). The van der Waals surface area contributed by atoms with E-state index in [1.807, 2.05) is 6.26 Å². The van der Waals surface area contributed by atoms with E-state index in [9.17, 15) is 13.2 Å². The maximum absolute atomic E-state index is 12.7. The molecule has 0 fully saturated rings. The van der Waals surface area contributed by atoms with Crippen LogP contribution in [0.25, 0.3) is 0 Å². The number of anilines is 2. The normalized spacial score (nSPS) is 10.9. The van der Waals surface area contributed by atoms with Crippen LogP contribution in [0.1, 0.15) is 6.92 Å². The lowest BCUT2D eigenvalue weighted by molar-refractivity contribution is -0.114. The quantitative estimate of drug-likeness (QED) is 0.698. The molecule has 0 heterocycles. The van der Waals surface area contributed by atoms with Crippen molar-refractivity contribution in [3.8, 4) is 11.5 Å². The zero-order valence-corrected chi connectivity index (χ0v) is 16.5. The van der Waals surface area contributed by atoms with Gasteiger partial charge >= 0.3 is 0 Å². The van der Waals surface area contributed by atoms with Gasteiger partial charge in [0.05, 0.1) is 30.5 Å². The molecule has 0 aliphatic heterocycles. The summed E-state index contributed by atoms with van der Waals surface area (Å²) in [6.45, 7) is 1.37. The van der Waals surface area contributed by atoms with E-state index in [1.165, 1.54) is 45.0 Å². The van der Waals surface area contributed by atoms with E-state index < -0.39 is 10.0 Å². The third kappa shape index (κ3) is 4.61. The Bertz CT molecular complexity index is 913. The summed E-state index contributed by atoms with van der Waals surface area (Å²) in [6, 6.07) is 9.31. The first-order valence-electron chi connectivity index (χ1n) is 7.51. The summed E-state index contributed by atoms with van der Waals surface area (Å²) >= 11 is 1.41. The lowest BCUT2D eigenvalue weighted by Crippen LogP contribution is -2.15. The largest absolute Gasteiger partial charge is 0.497 e. The minimum Gasteiger partial charge on any atom is -0.497 e. The molecule has 0 saturated carbocycles. The van der Waals surface area contributed by atoms with Crippen molar-refractivity contribution in [3.05, 3.63) is 36.4 Å². The van der Waals surface area contributed by atoms with Crippen LogP contribution in [0.15, 0.2) is 46.2 Å². The highest BCUT2D eigenvalue weighted by Gasteiger charge is 2.19. The summed E-state index contributed by atoms with van der Waals surface area (Å²) in [5, 5.41) is 2.65. The van der Waals surface area contributed by atoms with E-state index in [0.29, 0.717) is 17.2 Å². The van der Waals surface area contributed by atoms with Crippen LogP contribution in [0.5, 0.6) is 11.5 Å². The third-order valence-electron chi connectivity index (χ3n) is 3.44. The second-order valence-electron chi connectivity index (χ2n) is 5.21. The van der Waals surface area contributed by atoms with Crippen molar-refractivity contribution in [2.24, 2.45) is 0 Å². The van der Waals surface area contributed by atoms with Gasteiger partial charge in [0.1, 0.15) is 11.5 Å². The standard InChI is InChI=1S/C17H20N2O5S2/c1-11(20)18-15-10-13(6-8-17(15)25-4)26(21,22)19-14-7-5-12(23-2)9-16(14)24-3/h5-10,19H,1-4H3,(H,18,20). The summed E-state index contributed by atoms with van der Waals surface area (Å²) in [5.74, 6) is 0.595. The molecule has 0 saturated heterocycles. The first kappa shape index (κ1) is 19.9. The minimum atomic E-state index is -3.88. The molecule has 0 spiro atoms. The molecular weight excluding hydrogens is 376 g/mol. The second-order valence-corrected chi connectivity index (χ2v) is 7.75. The molecule has 9 heteroatoms. The van der Waals surface area contributed by atoms with E-state index in [4.69, 9.17) is 9.47 Å². The van der Waals surface area contributed by atoms with Gasteiger partial charge < -0.3 is 14.8 Å². The van der Waals surface area contributed by atoms with Crippen molar-refractivity contribution < 1.29 is 22.7 Å². The summed E-state index contributed by atoms with van der Waals surface area (Å²) < 4.78 is 38.3. The molecule has 2 N–H and O–H groups in total. The number of thioether (sulfide) groups is 1. The summed E-state index contributed by atoms with van der Waals surface area (Å²) in [4.78, 5) is 12.2. The van der Waals surface area contributed by atoms with Crippen molar-refractivity contribution in [2.75, 3.05) is 30.5 Å². The predicted molar refractivity (Wildman–Crippen MR) is 103 cm³/mol. The maximum atomic E-state index is 12.7. The Kier molecular flexibility index (Phi) is 6.38. The Balaban J connectivity index is 2.40. The second kappa shape index (κ2) is 8.33. The Morgan fingerprint density at radius 2 is 1.77 bits per heavy atom. The Labute approximate surface area is 157 Å². The third-order valence-corrected chi connectivity index (χ3v) is 5.60. The monoisotopic (exact) mass is 396 g/mol. The highest BCUT2D eigenvalue weighted by Crippen LogP contribution is 2.32. The van der Waals surface area contributed by atoms with Gasteiger partial charge in [0.15, 0.2) is 0 Å². The van der Waals surface area contributed by atoms with E-state index in [2.05, 4.69) is 10.0 Å². The summed E-state index contributed by atoms with van der Waals surface area (Å²) in [7, 11) is -0.932. The molecule has 0 aliphatic rings. The Hall–Kier alpha value is -2.39. The van der Waals surface area contributed by atoms with Gasteiger partial charge in [-0.15, -0.1) is 11.8 Å². The Morgan fingerprint density at radius 3 is 2.35 bits per heavy atom. The lowest BCUT2D eigenvalue weighted by atomic mass is 10.3. The predicted octanol–water partition coefficient (Wildman–Crippen LogP) is 3.18. The number of hydrogen-bond donors (Lipinski definition) is 2. The van der Waals surface area contributed by atoms with E-state index in [1.54, 1.807) is 24.3 Å². The van der Waals surface area contributed by atoms with Crippen molar-refractivity contribution in [1.29, 1.82) is 0 Å². The number of carbonyl (C=O) groups excluding carboxylic acids is 1. The molecule has 1 amide bonds. The van der Waals surface area contributed by atoms with Crippen molar-refractivity contribution in [3.63, 3.8) is 0 Å². The van der Waals surface area contributed by atoms with Gasteiger partial charge in [-0.1, -0.05) is 0 Å². The maximum Gasteiger partial charge on any atom is 0.262 e. The van der Waals surface area contributed by atoms with Crippen molar-refractivity contribution in [1.82, 2.24) is 0 Å². The summed E-state index contributed by atoms with van der Waals surface area (Å²) in [6.07, 6.45) is 1.84. The fourth-order valence-corrected chi connectivity index (χ4v) is 3.86. The fraction of sp³-hybridized carbons (Fsp3) is 0.235. The van der Waals surface area contributed by atoms with Crippen LogP contribution in [0, 0.1) is 0 Å². The molecule has 2 aromatic rings. The average Bonchev–Trinajstić information content (AvgIpc) is 2.61. The van der Waals surface area contributed by atoms with Gasteiger partial charge in [0, 0.05) is 17.9 Å². The number of sulfonamides is 1. The number of hydrogen-bond acceptors (Lipinski definition) is 6. The molecule has 0 unspecified atom stereocenters. The molecule has 7 nitrogen and oxygen atoms in total. The van der Waals surface area contributed by atoms with Gasteiger partial charge in [-0.3, -0.25) is 9.52 Å². The molecular formula is C17H20N2O5S2. The Morgan fingerprint density at radius 1 is 1.04 bits per heavy atom. The highest BCUT2D eigenvalue weighted by molar-refractivity contribution is 7.98. The van der Waals surface area contributed by atoms with Gasteiger partial charge in [0.25, 0.3) is 10.0 Å². The van der Waals surface area contributed by atoms with Crippen LogP contribution in [0.3, 0.4) is 0 Å². The van der Waals surface area contributed by atoms with Crippen LogP contribution in [-0.4, -0.2) is 34.8 Å². The smallest absolute Gasteiger partial charge is 0.262 e. The SMILES string of the molecule is COc1ccc(NS(=O)(=O)c2ccc(SC)c(NC(C)=O)c2)c(OC)c1. The van der Waals surface area contributed by atoms with Gasteiger partial charge in [-0.2, -0.15) is 0 Å². The number of rotatable bonds is 7. The summed E-state index contributed by atoms with van der Waals surface area (Å²) in [5.41, 5.74) is 0.720. The topological polar surface area (TPSA) is 93.7 Å². The highest BCUT2D eigenvalue weighted by atomic mass is 32.2. The molecule has 0 aliphatic carbocycles. The minimum absolute atomic E-state index is 0.0249. The van der Waals surface area contributed by atoms with Crippen LogP contribution in [0.2, 0.25) is 0 Å². The van der Waals surface area contributed by atoms with Gasteiger partial charge in [-0.05, 0) is 36.6 Å². The van der Waals surface area contributed by atoms with E-state index in [0.717, 1.165) is 4.90 Å². The van der Waals surface area contributed by atoms with Gasteiger partial charge in [0.2, 0.25) is 5.91 Å². The zero-order valence-electron chi connectivity index (χ0n) is 14.8. The number of benzene rings is 2. The van der Waals surface area contributed by atoms with Gasteiger partial charge in [-0.25, -0.2) is 8.42 Å².